The van der Waals surface area contributed by atoms with Crippen LogP contribution in [0.4, 0.5) is 5.69 Å². The summed E-state index contributed by atoms with van der Waals surface area (Å²) >= 11 is 7.38. The molecule has 0 spiro atoms. The van der Waals surface area contributed by atoms with Crippen molar-refractivity contribution in [3.63, 3.8) is 0 Å². The largest absolute Gasteiger partial charge is 0.355 e. The zero-order valence-electron chi connectivity index (χ0n) is 12.8. The molecule has 2 nitrogen and oxygen atoms in total. The van der Waals surface area contributed by atoms with Crippen molar-refractivity contribution < 1.29 is 0 Å². The average molecular weight is 331 g/mol. The van der Waals surface area contributed by atoms with Gasteiger partial charge in [0.2, 0.25) is 0 Å². The molecule has 0 aliphatic heterocycles. The van der Waals surface area contributed by atoms with E-state index in [-0.39, 0.29) is 0 Å². The van der Waals surface area contributed by atoms with Crippen LogP contribution in [0.2, 0.25) is 0 Å². The third-order valence-corrected chi connectivity index (χ3v) is 5.58. The molecule has 1 aromatic heterocycles. The molecule has 1 heterocycles. The van der Waals surface area contributed by atoms with Crippen LogP contribution in [0.25, 0.3) is 0 Å². The van der Waals surface area contributed by atoms with Gasteiger partial charge in [-0.25, -0.2) is 0 Å². The van der Waals surface area contributed by atoms with Crippen molar-refractivity contribution in [2.75, 3.05) is 5.32 Å². The molecule has 1 atom stereocenters. The van der Waals surface area contributed by atoms with Gasteiger partial charge >= 0.3 is 0 Å². The number of rotatable bonds is 4. The fourth-order valence-corrected chi connectivity index (χ4v) is 4.30. The van der Waals surface area contributed by atoms with Crippen LogP contribution in [0.1, 0.15) is 42.2 Å². The van der Waals surface area contributed by atoms with E-state index in [9.17, 15) is 0 Å². The Bertz CT molecular complexity index is 616. The third kappa shape index (κ3) is 3.68. The maximum atomic E-state index is 5.56. The molecule has 116 valence electrons. The number of aryl methyl sites for hydroxylation is 1. The summed E-state index contributed by atoms with van der Waals surface area (Å²) in [4.78, 5) is 1.39. The smallest absolute Gasteiger partial charge is 0.171 e. The second-order valence-corrected chi connectivity index (χ2v) is 7.34. The highest BCUT2D eigenvalue weighted by Gasteiger charge is 2.27. The topological polar surface area (TPSA) is 24.1 Å². The quantitative estimate of drug-likeness (QED) is 0.746. The van der Waals surface area contributed by atoms with Gasteiger partial charge in [0.15, 0.2) is 5.11 Å². The van der Waals surface area contributed by atoms with Crippen LogP contribution in [-0.4, -0.2) is 5.11 Å². The van der Waals surface area contributed by atoms with Crippen molar-refractivity contribution in [2.24, 2.45) is 5.92 Å². The van der Waals surface area contributed by atoms with Crippen molar-refractivity contribution in [3.8, 4) is 0 Å². The number of thiocarbonyl (C=S) groups is 1. The number of hydrogen-bond acceptors (Lipinski definition) is 2. The molecule has 0 bridgehead atoms. The second-order valence-electron chi connectivity index (χ2n) is 5.95. The van der Waals surface area contributed by atoms with Crippen LogP contribution in [0.15, 0.2) is 41.8 Å². The minimum atomic E-state index is 0.339. The molecule has 2 N–H and O–H groups in total. The first-order valence-corrected chi connectivity index (χ1v) is 9.19. The van der Waals surface area contributed by atoms with Gasteiger partial charge in [-0.15, -0.1) is 11.3 Å². The Kier molecular flexibility index (Phi) is 5.11. The van der Waals surface area contributed by atoms with Gasteiger partial charge in [0.25, 0.3) is 0 Å². The molecule has 1 aliphatic carbocycles. The number of hydrogen-bond donors (Lipinski definition) is 2. The fraction of sp³-hybridized carbons (Fsp3) is 0.389. The summed E-state index contributed by atoms with van der Waals surface area (Å²) in [5, 5.41) is 9.79. The van der Waals surface area contributed by atoms with Crippen molar-refractivity contribution in [1.29, 1.82) is 0 Å². The lowest BCUT2D eigenvalue weighted by Gasteiger charge is -2.25. The van der Waals surface area contributed by atoms with E-state index in [2.05, 4.69) is 47.2 Å². The zero-order valence-corrected chi connectivity index (χ0v) is 14.5. The molecule has 3 rings (SSSR count). The Balaban J connectivity index is 1.70. The van der Waals surface area contributed by atoms with Crippen molar-refractivity contribution in [3.05, 3.63) is 52.2 Å². The van der Waals surface area contributed by atoms with Gasteiger partial charge in [-0.05, 0) is 61.0 Å². The van der Waals surface area contributed by atoms with Crippen LogP contribution in [0, 0.1) is 12.8 Å². The van der Waals surface area contributed by atoms with Crippen LogP contribution >= 0.6 is 23.6 Å². The maximum Gasteiger partial charge on any atom is 0.171 e. The lowest BCUT2D eigenvalue weighted by atomic mass is 9.97. The molecular formula is C18H22N2S2. The van der Waals surface area contributed by atoms with E-state index in [0.29, 0.717) is 12.0 Å². The van der Waals surface area contributed by atoms with Crippen LogP contribution in [0.3, 0.4) is 0 Å². The summed E-state index contributed by atoms with van der Waals surface area (Å²) in [6.07, 6.45) is 5.27. The predicted molar refractivity (Wildman–Crippen MR) is 99.6 cm³/mol. The highest BCUT2D eigenvalue weighted by Crippen LogP contribution is 2.37. The summed E-state index contributed by atoms with van der Waals surface area (Å²) < 4.78 is 0. The maximum absolute atomic E-state index is 5.56. The number of anilines is 1. The predicted octanol–water partition coefficient (Wildman–Crippen LogP) is 5.27. The zero-order chi connectivity index (χ0) is 15.4. The Morgan fingerprint density at radius 1 is 1.18 bits per heavy atom. The first-order valence-electron chi connectivity index (χ1n) is 7.90. The molecule has 22 heavy (non-hydrogen) atoms. The van der Waals surface area contributed by atoms with Gasteiger partial charge in [-0.2, -0.15) is 0 Å². The number of para-hydroxylation sites is 1. The molecule has 0 radical (unpaired) electrons. The molecule has 0 unspecified atom stereocenters. The van der Waals surface area contributed by atoms with Gasteiger partial charge in [0.1, 0.15) is 0 Å². The van der Waals surface area contributed by atoms with Gasteiger partial charge in [0, 0.05) is 10.6 Å². The Hall–Kier alpha value is -1.39. The van der Waals surface area contributed by atoms with Crippen molar-refractivity contribution >= 4 is 34.4 Å². The number of thiophene rings is 1. The van der Waals surface area contributed by atoms with Crippen molar-refractivity contribution in [2.45, 2.75) is 38.6 Å². The molecule has 1 aliphatic rings. The van der Waals surface area contributed by atoms with Gasteiger partial charge in [-0.1, -0.05) is 37.1 Å². The first kappa shape index (κ1) is 15.5. The minimum absolute atomic E-state index is 0.339. The standard InChI is InChI=1S/C18H22N2S2/c1-13-7-2-5-10-15(13)19-18(21)20-17(14-8-3-4-9-14)16-11-6-12-22-16/h2,5-7,10-12,14,17H,3-4,8-9H2,1H3,(H2,19,20,21)/t17-/m1/s1. The van der Waals surface area contributed by atoms with Crippen LogP contribution in [-0.2, 0) is 0 Å². The molecular weight excluding hydrogens is 308 g/mol. The van der Waals surface area contributed by atoms with Crippen LogP contribution < -0.4 is 10.6 Å². The summed E-state index contributed by atoms with van der Waals surface area (Å²) in [6.45, 7) is 2.10. The molecule has 0 saturated heterocycles. The summed E-state index contributed by atoms with van der Waals surface area (Å²) in [7, 11) is 0. The van der Waals surface area contributed by atoms with E-state index in [0.717, 1.165) is 10.8 Å². The monoisotopic (exact) mass is 330 g/mol. The average Bonchev–Trinajstić information content (AvgIpc) is 3.21. The number of benzene rings is 1. The van der Waals surface area contributed by atoms with E-state index < -0.39 is 0 Å². The number of nitrogens with one attached hydrogen (secondary N) is 2. The fourth-order valence-electron chi connectivity index (χ4n) is 3.19. The first-order chi connectivity index (χ1) is 10.7. The van der Waals surface area contributed by atoms with Crippen LogP contribution in [0.5, 0.6) is 0 Å². The van der Waals surface area contributed by atoms with Gasteiger partial charge in [0.05, 0.1) is 6.04 Å². The highest BCUT2D eigenvalue weighted by atomic mass is 32.1. The minimum Gasteiger partial charge on any atom is -0.355 e. The Labute approximate surface area is 142 Å². The molecule has 4 heteroatoms. The molecule has 2 aromatic rings. The lowest BCUT2D eigenvalue weighted by molar-refractivity contribution is 0.419. The van der Waals surface area contributed by atoms with Crippen molar-refractivity contribution in [1.82, 2.24) is 5.32 Å². The summed E-state index contributed by atoms with van der Waals surface area (Å²) in [5.74, 6) is 0.690. The summed E-state index contributed by atoms with van der Waals surface area (Å²) in [6, 6.07) is 12.9. The highest BCUT2D eigenvalue weighted by molar-refractivity contribution is 7.80. The lowest BCUT2D eigenvalue weighted by Crippen LogP contribution is -2.35. The molecule has 1 saturated carbocycles. The molecule has 1 fully saturated rings. The van der Waals surface area contributed by atoms with Gasteiger partial charge < -0.3 is 10.6 Å². The normalized spacial score (nSPS) is 16.4. The molecule has 1 aromatic carbocycles. The Morgan fingerprint density at radius 2 is 1.95 bits per heavy atom. The molecule has 0 amide bonds. The Morgan fingerprint density at radius 3 is 2.64 bits per heavy atom. The van der Waals surface area contributed by atoms with E-state index >= 15 is 0 Å². The summed E-state index contributed by atoms with van der Waals surface area (Å²) in [5.41, 5.74) is 2.29. The van der Waals surface area contributed by atoms with E-state index in [4.69, 9.17) is 12.2 Å². The SMILES string of the molecule is Cc1ccccc1NC(=S)N[C@@H](c1cccs1)C1CCCC1. The van der Waals surface area contributed by atoms with Gasteiger partial charge in [-0.3, -0.25) is 0 Å². The van der Waals surface area contributed by atoms with E-state index in [1.165, 1.54) is 36.1 Å². The van der Waals surface area contributed by atoms with E-state index in [1.807, 2.05) is 23.5 Å². The van der Waals surface area contributed by atoms with E-state index in [1.54, 1.807) is 0 Å². The second kappa shape index (κ2) is 7.25. The third-order valence-electron chi connectivity index (χ3n) is 4.40.